The average molecular weight is 367 g/mol. The van der Waals surface area contributed by atoms with Gasteiger partial charge in [0.25, 0.3) is 6.43 Å². The minimum absolute atomic E-state index is 0.174. The van der Waals surface area contributed by atoms with Gasteiger partial charge in [0.2, 0.25) is 0 Å². The maximum absolute atomic E-state index is 13.5. The Morgan fingerprint density at radius 2 is 1.96 bits per heavy atom. The summed E-state index contributed by atoms with van der Waals surface area (Å²) in [7, 11) is 0. The molecule has 0 spiro atoms. The van der Waals surface area contributed by atoms with Crippen LogP contribution < -0.4 is 0 Å². The number of aromatic nitrogens is 5. The van der Waals surface area contributed by atoms with E-state index < -0.39 is 24.0 Å². The Morgan fingerprint density at radius 3 is 2.65 bits per heavy atom. The number of fused-ring (bicyclic) bond motifs is 2. The molecule has 1 aromatic carbocycles. The van der Waals surface area contributed by atoms with E-state index in [0.717, 1.165) is 16.9 Å². The molecule has 0 saturated heterocycles. The van der Waals surface area contributed by atoms with Crippen LogP contribution in [0.3, 0.4) is 0 Å². The van der Waals surface area contributed by atoms with Crippen molar-refractivity contribution in [3.05, 3.63) is 47.8 Å². The number of aryl methyl sites for hydroxylation is 1. The molecular weight excluding hydrogens is 357 g/mol. The third-order valence-electron chi connectivity index (χ3n) is 4.05. The summed E-state index contributed by atoms with van der Waals surface area (Å²) in [6, 6.07) is 3.01. The summed E-state index contributed by atoms with van der Waals surface area (Å²) in [6.45, 7) is 1.71. The number of nitrogens with one attached hydrogen (secondary N) is 1. The number of aromatic amines is 1. The van der Waals surface area contributed by atoms with Crippen LogP contribution in [0.1, 0.15) is 23.4 Å². The number of hydrogen-bond donors (Lipinski definition) is 1. The van der Waals surface area contributed by atoms with Crippen molar-refractivity contribution in [1.82, 2.24) is 24.6 Å². The van der Waals surface area contributed by atoms with Crippen molar-refractivity contribution in [3.8, 4) is 11.1 Å². The van der Waals surface area contributed by atoms with Gasteiger partial charge in [0.05, 0.1) is 17.3 Å². The number of benzene rings is 1. The molecule has 0 saturated carbocycles. The van der Waals surface area contributed by atoms with Crippen molar-refractivity contribution in [3.63, 3.8) is 0 Å². The molecule has 0 fully saturated rings. The van der Waals surface area contributed by atoms with E-state index in [1.165, 1.54) is 18.3 Å². The first-order valence-electron chi connectivity index (χ1n) is 7.42. The van der Waals surface area contributed by atoms with Crippen LogP contribution in [0.25, 0.3) is 27.7 Å². The minimum Gasteiger partial charge on any atom is -0.289 e. The molecule has 4 rings (SSSR count). The molecule has 3 aromatic heterocycles. The summed E-state index contributed by atoms with van der Waals surface area (Å²) < 4.78 is 67.6. The molecule has 0 aliphatic rings. The molecule has 0 aliphatic heterocycles. The van der Waals surface area contributed by atoms with Crippen LogP contribution in [0.5, 0.6) is 0 Å². The smallest absolute Gasteiger partial charge is 0.289 e. The molecule has 3 heterocycles. The predicted octanol–water partition coefficient (Wildman–Crippen LogP) is 4.54. The van der Waals surface area contributed by atoms with Crippen molar-refractivity contribution in [2.24, 2.45) is 0 Å². The zero-order chi connectivity index (χ0) is 18.6. The van der Waals surface area contributed by atoms with Crippen molar-refractivity contribution in [1.29, 1.82) is 0 Å². The van der Waals surface area contributed by atoms with Gasteiger partial charge in [-0.1, -0.05) is 0 Å². The fourth-order valence-electron chi connectivity index (χ4n) is 2.94. The number of nitrogens with zero attached hydrogens (tertiary/aromatic N) is 4. The van der Waals surface area contributed by atoms with Crippen LogP contribution in [0.15, 0.2) is 30.9 Å². The van der Waals surface area contributed by atoms with Crippen LogP contribution in [0.4, 0.5) is 22.0 Å². The van der Waals surface area contributed by atoms with E-state index in [4.69, 9.17) is 0 Å². The summed E-state index contributed by atoms with van der Waals surface area (Å²) in [5.41, 5.74) is -0.868. The van der Waals surface area contributed by atoms with Crippen molar-refractivity contribution in [2.75, 3.05) is 0 Å². The highest BCUT2D eigenvalue weighted by atomic mass is 19.4. The Hall–Kier alpha value is -3.04. The lowest BCUT2D eigenvalue weighted by atomic mass is 10.00. The molecule has 134 valence electrons. The Kier molecular flexibility index (Phi) is 3.46. The molecule has 1 N–H and O–H groups in total. The Bertz CT molecular complexity index is 1130. The Labute approximate surface area is 142 Å². The van der Waals surface area contributed by atoms with Crippen molar-refractivity contribution >= 4 is 16.6 Å². The van der Waals surface area contributed by atoms with Gasteiger partial charge in [-0.15, -0.1) is 0 Å². The summed E-state index contributed by atoms with van der Waals surface area (Å²) in [6.07, 6.45) is -4.39. The molecule has 0 bridgehead atoms. The zero-order valence-electron chi connectivity index (χ0n) is 13.1. The van der Waals surface area contributed by atoms with Crippen LogP contribution in [-0.4, -0.2) is 24.6 Å². The van der Waals surface area contributed by atoms with Gasteiger partial charge in [0.15, 0.2) is 5.69 Å². The maximum Gasteiger partial charge on any atom is 0.434 e. The second-order valence-electron chi connectivity index (χ2n) is 5.79. The standard InChI is InChI=1S/C16H10F5N5/c1-7-2-8(3-9-4-23-25-12(7)9)11-13(16(19,20)21)22-6-26-5-10(14(17)18)24-15(11)26/h2-6,14H,1H3,(H,23,25). The third-order valence-corrected chi connectivity index (χ3v) is 4.05. The van der Waals surface area contributed by atoms with Crippen LogP contribution in [-0.2, 0) is 6.18 Å². The number of alkyl halides is 5. The van der Waals surface area contributed by atoms with Gasteiger partial charge in [0, 0.05) is 11.6 Å². The lowest BCUT2D eigenvalue weighted by molar-refractivity contribution is -0.140. The molecule has 0 aliphatic carbocycles. The normalized spacial score (nSPS) is 12.6. The molecule has 0 radical (unpaired) electrons. The first-order valence-corrected chi connectivity index (χ1v) is 7.42. The summed E-state index contributed by atoms with van der Waals surface area (Å²) in [4.78, 5) is 7.16. The third kappa shape index (κ3) is 2.49. The SMILES string of the molecule is Cc1cc(-c2c(C(F)(F)F)ncn3cc(C(F)F)nc23)cc2cn[nH]c12. The molecular formula is C16H10F5N5. The van der Waals surface area contributed by atoms with Gasteiger partial charge in [-0.3, -0.25) is 9.50 Å². The number of rotatable bonds is 2. The lowest BCUT2D eigenvalue weighted by Crippen LogP contribution is -2.12. The highest BCUT2D eigenvalue weighted by Crippen LogP contribution is 2.39. The number of halogens is 5. The van der Waals surface area contributed by atoms with Gasteiger partial charge < -0.3 is 0 Å². The first-order chi connectivity index (χ1) is 12.3. The second-order valence-corrected chi connectivity index (χ2v) is 5.79. The minimum atomic E-state index is -4.77. The van der Waals surface area contributed by atoms with E-state index in [2.05, 4.69) is 20.2 Å². The Morgan fingerprint density at radius 1 is 1.19 bits per heavy atom. The molecule has 10 heteroatoms. The lowest BCUT2D eigenvalue weighted by Gasteiger charge is -2.13. The molecule has 0 atom stereocenters. The van der Waals surface area contributed by atoms with Crippen LogP contribution in [0, 0.1) is 6.92 Å². The molecule has 0 unspecified atom stereocenters. The number of hydrogen-bond acceptors (Lipinski definition) is 3. The fourth-order valence-corrected chi connectivity index (χ4v) is 2.94. The first kappa shape index (κ1) is 16.4. The van der Waals surface area contributed by atoms with E-state index in [-0.39, 0.29) is 16.8 Å². The second kappa shape index (κ2) is 5.48. The van der Waals surface area contributed by atoms with Gasteiger partial charge in [0.1, 0.15) is 17.7 Å². The largest absolute Gasteiger partial charge is 0.434 e. The number of imidazole rings is 1. The molecule has 26 heavy (non-hydrogen) atoms. The van der Waals surface area contributed by atoms with E-state index in [1.807, 2.05) is 0 Å². The topological polar surface area (TPSA) is 58.9 Å². The van der Waals surface area contributed by atoms with E-state index in [1.54, 1.807) is 6.92 Å². The zero-order valence-corrected chi connectivity index (χ0v) is 13.1. The predicted molar refractivity (Wildman–Crippen MR) is 82.8 cm³/mol. The van der Waals surface area contributed by atoms with Gasteiger partial charge in [-0.25, -0.2) is 18.7 Å². The van der Waals surface area contributed by atoms with Crippen molar-refractivity contribution < 1.29 is 22.0 Å². The van der Waals surface area contributed by atoms with Crippen LogP contribution >= 0.6 is 0 Å². The highest BCUT2D eigenvalue weighted by Gasteiger charge is 2.37. The maximum atomic E-state index is 13.5. The van der Waals surface area contributed by atoms with Gasteiger partial charge in [-0.2, -0.15) is 18.3 Å². The summed E-state index contributed by atoms with van der Waals surface area (Å²) in [5.74, 6) is 0. The molecule has 0 amide bonds. The monoisotopic (exact) mass is 367 g/mol. The van der Waals surface area contributed by atoms with E-state index >= 15 is 0 Å². The van der Waals surface area contributed by atoms with E-state index in [9.17, 15) is 22.0 Å². The quantitative estimate of drug-likeness (QED) is 0.529. The van der Waals surface area contributed by atoms with Gasteiger partial charge >= 0.3 is 6.18 Å². The van der Waals surface area contributed by atoms with Crippen LogP contribution in [0.2, 0.25) is 0 Å². The summed E-state index contributed by atoms with van der Waals surface area (Å²) >= 11 is 0. The van der Waals surface area contributed by atoms with Crippen molar-refractivity contribution in [2.45, 2.75) is 19.5 Å². The van der Waals surface area contributed by atoms with Gasteiger partial charge in [-0.05, 0) is 30.2 Å². The summed E-state index contributed by atoms with van der Waals surface area (Å²) in [5, 5.41) is 7.23. The Balaban J connectivity index is 2.09. The fraction of sp³-hybridized carbons (Fsp3) is 0.188. The average Bonchev–Trinajstić information content (AvgIpc) is 3.19. The number of H-pyrrole nitrogens is 1. The van der Waals surface area contributed by atoms with E-state index in [0.29, 0.717) is 16.5 Å². The molecule has 4 aromatic rings. The molecule has 5 nitrogen and oxygen atoms in total. The highest BCUT2D eigenvalue weighted by molar-refractivity contribution is 5.90.